The van der Waals surface area contributed by atoms with Gasteiger partial charge in [0.05, 0.1) is 5.56 Å². The highest BCUT2D eigenvalue weighted by Gasteiger charge is 2.57. The van der Waals surface area contributed by atoms with Crippen molar-refractivity contribution in [3.8, 4) is 0 Å². The third kappa shape index (κ3) is 2.50. The van der Waals surface area contributed by atoms with Crippen molar-refractivity contribution in [2.24, 2.45) is 0 Å². The van der Waals surface area contributed by atoms with Crippen LogP contribution < -0.4 is 4.50 Å². The first kappa shape index (κ1) is 17.2. The molecule has 22 heavy (non-hydrogen) atoms. The Bertz CT molecular complexity index is 708. The third-order valence-corrected chi connectivity index (χ3v) is 11.3. The number of benzene rings is 1. The number of rotatable bonds is 2. The van der Waals surface area contributed by atoms with Gasteiger partial charge in [-0.3, -0.25) is 0 Å². The fourth-order valence-corrected chi connectivity index (χ4v) is 11.0. The Morgan fingerprint density at radius 2 is 1.68 bits per heavy atom. The van der Waals surface area contributed by atoms with Gasteiger partial charge in [0.1, 0.15) is 0 Å². The smallest absolute Gasteiger partial charge is 0.337 e. The minimum Gasteiger partial charge on any atom is -0.478 e. The lowest BCUT2D eigenvalue weighted by Crippen LogP contribution is -2.56. The molecule has 0 aliphatic rings. The molecule has 0 spiro atoms. The van der Waals surface area contributed by atoms with Crippen molar-refractivity contribution in [1.29, 1.82) is 0 Å². The highest BCUT2D eigenvalue weighted by molar-refractivity contribution is 7.31. The maximum absolute atomic E-state index is 16.3. The topological polar surface area (TPSA) is 37.3 Å². The predicted octanol–water partition coefficient (Wildman–Crippen LogP) is 5.32. The molecule has 1 aromatic carbocycles. The van der Waals surface area contributed by atoms with E-state index in [0.717, 1.165) is 9.89 Å². The fraction of sp³-hybridized carbons (Fsp3) is 0.471. The molecule has 0 aliphatic carbocycles. The van der Waals surface area contributed by atoms with E-state index < -0.39 is 24.5 Å². The van der Waals surface area contributed by atoms with Crippen molar-refractivity contribution in [1.82, 2.24) is 0 Å². The first-order chi connectivity index (χ1) is 9.89. The molecule has 120 valence electrons. The quantitative estimate of drug-likeness (QED) is 0.594. The molecular formula is C17H23FO2SSi. The number of thiophene rings is 1. The highest BCUT2D eigenvalue weighted by atomic mass is 32.1. The summed E-state index contributed by atoms with van der Waals surface area (Å²) in [6, 6.07) is 7.04. The largest absolute Gasteiger partial charge is 0.478 e. The SMILES string of the molecule is CC(C)(C)[Si]([18F])(c1cc2cccc(C(=O)O)c2s1)C(C)(C)C. The first-order valence-corrected chi connectivity index (χ1v) is 10.0. The van der Waals surface area contributed by atoms with E-state index in [0.29, 0.717) is 4.70 Å². The van der Waals surface area contributed by atoms with Crippen LogP contribution in [0.2, 0.25) is 10.1 Å². The van der Waals surface area contributed by atoms with Crippen LogP contribution in [0.4, 0.5) is 4.11 Å². The van der Waals surface area contributed by atoms with E-state index in [9.17, 15) is 9.90 Å². The standard InChI is InChI=1S/C17H23FO2SSi/c1-16(2,3)22(18,17(4,5)6)13-10-11-8-7-9-12(15(19)20)14(11)21-13/h7-10H,1-6H3,(H,19,20)/i18-1. The van der Waals surface area contributed by atoms with Crippen molar-refractivity contribution in [3.05, 3.63) is 29.8 Å². The van der Waals surface area contributed by atoms with Crippen LogP contribution >= 0.6 is 11.3 Å². The van der Waals surface area contributed by atoms with Crippen LogP contribution in [0.3, 0.4) is 0 Å². The Kier molecular flexibility index (Phi) is 4.03. The summed E-state index contributed by atoms with van der Waals surface area (Å²) in [5, 5.41) is 9.24. The average molecular weight is 338 g/mol. The average Bonchev–Trinajstić information content (AvgIpc) is 2.78. The molecule has 0 amide bonds. The second-order valence-corrected chi connectivity index (χ2v) is 14.1. The van der Waals surface area contributed by atoms with Gasteiger partial charge in [-0.05, 0) is 27.6 Å². The predicted molar refractivity (Wildman–Crippen MR) is 94.7 cm³/mol. The van der Waals surface area contributed by atoms with Gasteiger partial charge in [-0.15, -0.1) is 11.3 Å². The molecule has 0 radical (unpaired) electrons. The molecule has 2 rings (SSSR count). The molecule has 0 unspecified atom stereocenters. The highest BCUT2D eigenvalue weighted by Crippen LogP contribution is 2.52. The molecule has 2 nitrogen and oxygen atoms in total. The van der Waals surface area contributed by atoms with Gasteiger partial charge in [0.15, 0.2) is 0 Å². The Morgan fingerprint density at radius 3 is 2.14 bits per heavy atom. The minimum atomic E-state index is -3.34. The van der Waals surface area contributed by atoms with E-state index in [1.165, 1.54) is 11.3 Å². The Balaban J connectivity index is 2.78. The van der Waals surface area contributed by atoms with Crippen molar-refractivity contribution in [2.75, 3.05) is 0 Å². The van der Waals surface area contributed by atoms with E-state index in [4.69, 9.17) is 0 Å². The zero-order chi connectivity index (χ0) is 16.9. The second-order valence-electron chi connectivity index (χ2n) is 7.80. The molecule has 1 aromatic heterocycles. The number of carboxylic acids is 1. The van der Waals surface area contributed by atoms with Crippen LogP contribution in [0.25, 0.3) is 10.1 Å². The number of fused-ring (bicyclic) bond motifs is 1. The van der Waals surface area contributed by atoms with E-state index in [1.807, 2.05) is 53.7 Å². The molecule has 0 fully saturated rings. The van der Waals surface area contributed by atoms with E-state index >= 15 is 4.11 Å². The second kappa shape index (κ2) is 5.17. The lowest BCUT2D eigenvalue weighted by atomic mass is 10.2. The van der Waals surface area contributed by atoms with E-state index in [1.54, 1.807) is 12.1 Å². The Morgan fingerprint density at radius 1 is 1.14 bits per heavy atom. The number of carbonyl (C=O) groups is 1. The Hall–Kier alpha value is -1.20. The van der Waals surface area contributed by atoms with Crippen LogP contribution in [0.15, 0.2) is 24.3 Å². The van der Waals surface area contributed by atoms with Crippen LogP contribution in [0, 0.1) is 0 Å². The molecule has 1 N–H and O–H groups in total. The molecule has 5 heteroatoms. The third-order valence-electron chi connectivity index (χ3n) is 4.18. The normalized spacial score (nSPS) is 13.6. The van der Waals surface area contributed by atoms with Gasteiger partial charge >= 0.3 is 5.97 Å². The van der Waals surface area contributed by atoms with Gasteiger partial charge in [0.2, 0.25) is 0 Å². The molecule has 0 bridgehead atoms. The van der Waals surface area contributed by atoms with Crippen molar-refractivity contribution >= 4 is 40.3 Å². The molecule has 2 aromatic rings. The zero-order valence-corrected chi connectivity index (χ0v) is 15.8. The molecule has 1 heterocycles. The van der Waals surface area contributed by atoms with Gasteiger partial charge in [0, 0.05) is 9.20 Å². The lowest BCUT2D eigenvalue weighted by Gasteiger charge is -2.43. The summed E-state index contributed by atoms with van der Waals surface area (Å²) in [7, 11) is -3.34. The van der Waals surface area contributed by atoms with Crippen molar-refractivity contribution in [3.63, 3.8) is 0 Å². The maximum Gasteiger partial charge on any atom is 0.337 e. The van der Waals surface area contributed by atoms with Crippen LogP contribution in [-0.2, 0) is 0 Å². The van der Waals surface area contributed by atoms with Crippen molar-refractivity contribution in [2.45, 2.75) is 51.6 Å². The van der Waals surface area contributed by atoms with Crippen LogP contribution in [0.1, 0.15) is 51.9 Å². The van der Waals surface area contributed by atoms with Gasteiger partial charge in [-0.2, -0.15) is 0 Å². The lowest BCUT2D eigenvalue weighted by molar-refractivity contribution is 0.0699. The number of carboxylic acid groups (broad SMARTS) is 1. The Labute approximate surface area is 136 Å². The number of hydrogen-bond acceptors (Lipinski definition) is 2. The molecule has 0 aliphatic heterocycles. The monoisotopic (exact) mass is 337 g/mol. The maximum atomic E-state index is 16.3. The summed E-state index contributed by atoms with van der Waals surface area (Å²) in [5.74, 6) is -0.961. The minimum absolute atomic E-state index is 0.257. The van der Waals surface area contributed by atoms with E-state index in [-0.39, 0.29) is 5.56 Å². The number of aromatic carboxylic acids is 1. The van der Waals surface area contributed by atoms with Crippen LogP contribution in [-0.4, -0.2) is 19.5 Å². The molecule has 0 saturated heterocycles. The van der Waals surface area contributed by atoms with E-state index in [2.05, 4.69) is 0 Å². The summed E-state index contributed by atoms with van der Waals surface area (Å²) in [6.07, 6.45) is 0. The number of halogens is 1. The molecule has 0 saturated carbocycles. The molecular weight excluding hydrogens is 314 g/mol. The summed E-state index contributed by atoms with van der Waals surface area (Å²) in [5.41, 5.74) is 0.257. The summed E-state index contributed by atoms with van der Waals surface area (Å²) < 4.78 is 17.7. The van der Waals surface area contributed by atoms with Crippen molar-refractivity contribution < 1.29 is 14.0 Å². The first-order valence-electron chi connectivity index (χ1n) is 7.35. The van der Waals surface area contributed by atoms with Gasteiger partial charge in [-0.25, -0.2) is 4.79 Å². The summed E-state index contributed by atoms with van der Waals surface area (Å²) in [6.45, 7) is 11.7. The van der Waals surface area contributed by atoms with Crippen LogP contribution in [0.5, 0.6) is 0 Å². The zero-order valence-electron chi connectivity index (χ0n) is 14.0. The van der Waals surface area contributed by atoms with Gasteiger partial charge in [0.25, 0.3) is 8.41 Å². The number of hydrogen-bond donors (Lipinski definition) is 1. The fourth-order valence-electron chi connectivity index (χ4n) is 3.27. The molecule has 0 atom stereocenters. The summed E-state index contributed by atoms with van der Waals surface area (Å²) >= 11 is 1.32. The van der Waals surface area contributed by atoms with Gasteiger partial charge in [-0.1, -0.05) is 53.7 Å². The van der Waals surface area contributed by atoms with Gasteiger partial charge < -0.3 is 9.21 Å². The summed E-state index contributed by atoms with van der Waals surface area (Å²) in [4.78, 5) is 11.4.